The number of amides is 1. The molecule has 2 heterocycles. The van der Waals surface area contributed by atoms with Crippen LogP contribution in [0.1, 0.15) is 16.7 Å². The largest absolute Gasteiger partial charge is 0.308 e. The van der Waals surface area contributed by atoms with Crippen molar-refractivity contribution >= 4 is 11.7 Å². The van der Waals surface area contributed by atoms with Gasteiger partial charge in [-0.05, 0) is 23.3 Å². The zero-order chi connectivity index (χ0) is 16.4. The molecule has 0 bridgehead atoms. The number of nitrogens with one attached hydrogen (secondary N) is 1. The first-order chi connectivity index (χ1) is 11.8. The molecule has 1 N–H and O–H groups in total. The van der Waals surface area contributed by atoms with Gasteiger partial charge in [-0.25, -0.2) is 4.99 Å². The second kappa shape index (κ2) is 5.74. The van der Waals surface area contributed by atoms with E-state index in [0.29, 0.717) is 5.84 Å². The molecule has 0 radical (unpaired) electrons. The molecule has 0 saturated heterocycles. The van der Waals surface area contributed by atoms with Gasteiger partial charge >= 0.3 is 0 Å². The molecule has 24 heavy (non-hydrogen) atoms. The molecule has 2 aromatic carbocycles. The van der Waals surface area contributed by atoms with E-state index < -0.39 is 5.54 Å². The Bertz CT molecular complexity index is 850. The topological polar surface area (TPSA) is 54.4 Å². The van der Waals surface area contributed by atoms with Crippen molar-refractivity contribution in [2.45, 2.75) is 5.54 Å². The molecule has 4 nitrogen and oxygen atoms in total. The third-order valence-corrected chi connectivity index (χ3v) is 4.18. The van der Waals surface area contributed by atoms with Crippen LogP contribution < -0.4 is 5.32 Å². The number of carbonyl (C=O) groups excluding carboxylic acids is 1. The number of carbonyl (C=O) groups is 1. The van der Waals surface area contributed by atoms with Crippen LogP contribution in [0.2, 0.25) is 0 Å². The normalized spacial score (nSPS) is 15.7. The molecule has 0 atom stereocenters. The van der Waals surface area contributed by atoms with Crippen molar-refractivity contribution in [2.75, 3.05) is 0 Å². The van der Waals surface area contributed by atoms with Gasteiger partial charge in [0.2, 0.25) is 0 Å². The standard InChI is InChI=1S/C20H15N3O/c24-19-20(16-7-3-1-4-8-16,17-9-5-2-6-10-17)23-18(22-19)15-11-13-21-14-12-15/h1-14H,(H,22,23,24). The molecule has 0 saturated carbocycles. The summed E-state index contributed by atoms with van der Waals surface area (Å²) in [5, 5.41) is 2.94. The number of aliphatic imine (C=N–C) groups is 1. The maximum absolute atomic E-state index is 13.0. The monoisotopic (exact) mass is 313 g/mol. The number of pyridine rings is 1. The summed E-state index contributed by atoms with van der Waals surface area (Å²) in [5.74, 6) is 0.418. The van der Waals surface area contributed by atoms with E-state index in [9.17, 15) is 4.79 Å². The van der Waals surface area contributed by atoms with Crippen molar-refractivity contribution in [1.29, 1.82) is 0 Å². The van der Waals surface area contributed by atoms with Crippen LogP contribution in [0.3, 0.4) is 0 Å². The lowest BCUT2D eigenvalue weighted by atomic mass is 9.83. The lowest BCUT2D eigenvalue weighted by molar-refractivity contribution is -0.122. The molecule has 4 heteroatoms. The molecular formula is C20H15N3O. The quantitative estimate of drug-likeness (QED) is 0.808. The summed E-state index contributed by atoms with van der Waals surface area (Å²) in [6, 6.07) is 23.0. The fourth-order valence-corrected chi connectivity index (χ4v) is 3.01. The predicted molar refractivity (Wildman–Crippen MR) is 92.6 cm³/mol. The van der Waals surface area contributed by atoms with Crippen LogP contribution in [0.4, 0.5) is 0 Å². The first kappa shape index (κ1) is 14.3. The molecule has 1 aliphatic heterocycles. The smallest absolute Gasteiger partial charge is 0.262 e. The van der Waals surface area contributed by atoms with Crippen LogP contribution in [0, 0.1) is 0 Å². The second-order valence-electron chi connectivity index (χ2n) is 5.59. The van der Waals surface area contributed by atoms with Crippen molar-refractivity contribution in [2.24, 2.45) is 4.99 Å². The van der Waals surface area contributed by atoms with Crippen molar-refractivity contribution < 1.29 is 4.79 Å². The van der Waals surface area contributed by atoms with Gasteiger partial charge in [-0.15, -0.1) is 0 Å². The lowest BCUT2D eigenvalue weighted by Crippen LogP contribution is -2.38. The lowest BCUT2D eigenvalue weighted by Gasteiger charge is -2.24. The summed E-state index contributed by atoms with van der Waals surface area (Å²) in [6.07, 6.45) is 3.38. The van der Waals surface area contributed by atoms with Crippen molar-refractivity contribution in [3.05, 3.63) is 102 Å². The van der Waals surface area contributed by atoms with Crippen molar-refractivity contribution in [1.82, 2.24) is 10.3 Å². The summed E-state index contributed by atoms with van der Waals surface area (Å²) in [5.41, 5.74) is 1.46. The maximum atomic E-state index is 13.0. The van der Waals surface area contributed by atoms with E-state index in [4.69, 9.17) is 4.99 Å². The second-order valence-corrected chi connectivity index (χ2v) is 5.59. The van der Waals surface area contributed by atoms with Gasteiger partial charge in [0.15, 0.2) is 5.54 Å². The Balaban J connectivity index is 1.94. The average molecular weight is 313 g/mol. The zero-order valence-electron chi connectivity index (χ0n) is 12.9. The van der Waals surface area contributed by atoms with E-state index in [-0.39, 0.29) is 5.91 Å². The van der Waals surface area contributed by atoms with E-state index in [2.05, 4.69) is 10.3 Å². The zero-order valence-corrected chi connectivity index (χ0v) is 12.9. The molecule has 4 rings (SSSR count). The molecule has 3 aromatic rings. The summed E-state index contributed by atoms with van der Waals surface area (Å²) in [7, 11) is 0. The molecule has 0 unspecified atom stereocenters. The highest BCUT2D eigenvalue weighted by Crippen LogP contribution is 2.37. The summed E-state index contributed by atoms with van der Waals surface area (Å²) in [4.78, 5) is 21.9. The Hall–Kier alpha value is -3.27. The van der Waals surface area contributed by atoms with Crippen molar-refractivity contribution in [3.8, 4) is 0 Å². The molecule has 0 spiro atoms. The minimum atomic E-state index is -1.07. The Morgan fingerprint density at radius 1 is 0.750 bits per heavy atom. The molecule has 0 fully saturated rings. The minimum Gasteiger partial charge on any atom is -0.308 e. The van der Waals surface area contributed by atoms with Crippen molar-refractivity contribution in [3.63, 3.8) is 0 Å². The molecular weight excluding hydrogens is 298 g/mol. The van der Waals surface area contributed by atoms with Crippen LogP contribution in [0.25, 0.3) is 0 Å². The number of amidine groups is 1. The number of nitrogens with zero attached hydrogens (tertiary/aromatic N) is 2. The highest BCUT2D eigenvalue weighted by atomic mass is 16.2. The SMILES string of the molecule is O=C1NC(c2ccncc2)=NC1(c1ccccc1)c1ccccc1. The first-order valence-electron chi connectivity index (χ1n) is 7.73. The maximum Gasteiger partial charge on any atom is 0.262 e. The molecule has 1 amide bonds. The van der Waals surface area contributed by atoms with Gasteiger partial charge in [0, 0.05) is 18.0 Å². The highest BCUT2D eigenvalue weighted by molar-refractivity contribution is 6.16. The Morgan fingerprint density at radius 3 is 1.83 bits per heavy atom. The Labute approximate surface area is 139 Å². The number of hydrogen-bond donors (Lipinski definition) is 1. The minimum absolute atomic E-state index is 0.147. The van der Waals surface area contributed by atoms with E-state index in [1.807, 2.05) is 72.8 Å². The predicted octanol–water partition coefficient (Wildman–Crippen LogP) is 2.90. The molecule has 116 valence electrons. The van der Waals surface area contributed by atoms with E-state index in [1.54, 1.807) is 12.4 Å². The third kappa shape index (κ3) is 2.20. The van der Waals surface area contributed by atoms with Gasteiger partial charge in [0.05, 0.1) is 0 Å². The number of benzene rings is 2. The highest BCUT2D eigenvalue weighted by Gasteiger charge is 2.46. The van der Waals surface area contributed by atoms with Crippen LogP contribution in [0.5, 0.6) is 0 Å². The summed E-state index contributed by atoms with van der Waals surface area (Å²) in [6.45, 7) is 0. The Morgan fingerprint density at radius 2 is 1.29 bits per heavy atom. The van der Waals surface area contributed by atoms with Crippen LogP contribution >= 0.6 is 0 Å². The van der Waals surface area contributed by atoms with Crippen LogP contribution in [-0.4, -0.2) is 16.7 Å². The third-order valence-electron chi connectivity index (χ3n) is 4.18. The number of hydrogen-bond acceptors (Lipinski definition) is 3. The fraction of sp³-hybridized carbons (Fsp3) is 0.0500. The molecule has 0 aliphatic carbocycles. The van der Waals surface area contributed by atoms with Gasteiger partial charge in [-0.3, -0.25) is 9.78 Å². The first-order valence-corrected chi connectivity index (χ1v) is 7.73. The van der Waals surface area contributed by atoms with E-state index in [1.165, 1.54) is 0 Å². The number of aromatic nitrogens is 1. The van der Waals surface area contributed by atoms with Crippen LogP contribution in [-0.2, 0) is 10.3 Å². The number of rotatable bonds is 3. The summed E-state index contributed by atoms with van der Waals surface area (Å²) >= 11 is 0. The van der Waals surface area contributed by atoms with E-state index >= 15 is 0 Å². The summed E-state index contributed by atoms with van der Waals surface area (Å²) < 4.78 is 0. The van der Waals surface area contributed by atoms with Gasteiger partial charge in [0.1, 0.15) is 5.84 Å². The van der Waals surface area contributed by atoms with Gasteiger partial charge in [-0.1, -0.05) is 60.7 Å². The Kier molecular flexibility index (Phi) is 3.43. The van der Waals surface area contributed by atoms with E-state index in [0.717, 1.165) is 16.7 Å². The van der Waals surface area contributed by atoms with Gasteiger partial charge in [0.25, 0.3) is 5.91 Å². The molecule has 1 aliphatic rings. The fourth-order valence-electron chi connectivity index (χ4n) is 3.01. The van der Waals surface area contributed by atoms with Crippen LogP contribution in [0.15, 0.2) is 90.2 Å². The van der Waals surface area contributed by atoms with Gasteiger partial charge in [-0.2, -0.15) is 0 Å². The molecule has 1 aromatic heterocycles. The van der Waals surface area contributed by atoms with Gasteiger partial charge < -0.3 is 5.32 Å². The average Bonchev–Trinajstić information content (AvgIpc) is 3.02.